The highest BCUT2D eigenvalue weighted by molar-refractivity contribution is 5.04. The fraction of sp³-hybridized carbons (Fsp3) is 1.00. The first kappa shape index (κ1) is 38.9. The van der Waals surface area contributed by atoms with Crippen molar-refractivity contribution in [2.75, 3.05) is 0 Å². The normalized spacial score (nSPS) is 21.4. The van der Waals surface area contributed by atoms with Crippen LogP contribution in [-0.4, -0.2) is 76.2 Å². The van der Waals surface area contributed by atoms with Gasteiger partial charge in [-0.2, -0.15) is 0 Å². The Kier molecular flexibility index (Phi) is 13.3. The fourth-order valence-electron chi connectivity index (χ4n) is 1.77. The highest BCUT2D eigenvalue weighted by Crippen LogP contribution is 2.46. The van der Waals surface area contributed by atoms with Crippen LogP contribution in [0.3, 0.4) is 0 Å². The van der Waals surface area contributed by atoms with Gasteiger partial charge in [-0.1, -0.05) is 0 Å². The molecule has 8 N–H and O–H groups in total. The first-order chi connectivity index (χ1) is 12.4. The molecule has 1 rings (SSSR count). The van der Waals surface area contributed by atoms with E-state index in [1.54, 1.807) is 55.4 Å². The molecular formula is C24H56O8. The van der Waals surface area contributed by atoms with Crippen molar-refractivity contribution in [3.05, 3.63) is 0 Å². The van der Waals surface area contributed by atoms with Crippen LogP contribution in [0.15, 0.2) is 0 Å². The summed E-state index contributed by atoms with van der Waals surface area (Å²) in [6, 6.07) is 0. The molecule has 0 aromatic carbocycles. The summed E-state index contributed by atoms with van der Waals surface area (Å²) in [4.78, 5) is 0. The van der Waals surface area contributed by atoms with Gasteiger partial charge in [0.15, 0.2) is 0 Å². The first-order valence-electron chi connectivity index (χ1n) is 10.7. The highest BCUT2D eigenvalue weighted by atomic mass is 16.6. The molecule has 0 saturated carbocycles. The van der Waals surface area contributed by atoms with E-state index in [4.69, 9.17) is 29.9 Å². The molecule has 200 valence electrons. The molecule has 0 unspecified atom stereocenters. The summed E-state index contributed by atoms with van der Waals surface area (Å²) < 4.78 is 12.3. The van der Waals surface area contributed by atoms with Crippen LogP contribution >= 0.6 is 0 Å². The lowest BCUT2D eigenvalue weighted by Crippen LogP contribution is -2.68. The number of hydrogen-bond acceptors (Lipinski definition) is 6. The summed E-state index contributed by atoms with van der Waals surface area (Å²) >= 11 is 0. The van der Waals surface area contributed by atoms with Crippen molar-refractivity contribution in [3.63, 3.8) is 0 Å². The average molecular weight is 473 g/mol. The van der Waals surface area contributed by atoms with Crippen molar-refractivity contribution in [2.24, 2.45) is 0 Å². The zero-order chi connectivity index (χ0) is 25.4. The van der Waals surface area contributed by atoms with E-state index in [1.165, 1.54) is 0 Å². The molecule has 32 heavy (non-hydrogen) atoms. The second-order valence-electron chi connectivity index (χ2n) is 12.5. The highest BCUT2D eigenvalue weighted by Gasteiger charge is 2.56. The Bertz CT molecular complexity index is 438. The van der Waals surface area contributed by atoms with Crippen LogP contribution in [0, 0.1) is 0 Å². The summed E-state index contributed by atoms with van der Waals surface area (Å²) in [5.41, 5.74) is -5.06. The maximum absolute atomic E-state index is 9.10. The van der Waals surface area contributed by atoms with E-state index >= 15 is 0 Å². The molecular weight excluding hydrogens is 416 g/mol. The summed E-state index contributed by atoms with van der Waals surface area (Å²) in [5.74, 6) is 0. The summed E-state index contributed by atoms with van der Waals surface area (Å²) in [5, 5.41) is 36.4. The summed E-state index contributed by atoms with van der Waals surface area (Å²) in [6.07, 6.45) is 0. The third kappa shape index (κ3) is 10.7. The Balaban J connectivity index is -0.000000191. The Labute approximate surface area is 197 Å². The van der Waals surface area contributed by atoms with Crippen molar-refractivity contribution in [1.29, 1.82) is 0 Å². The average Bonchev–Trinajstić information content (AvgIpc) is 2.30. The van der Waals surface area contributed by atoms with Crippen LogP contribution in [0.2, 0.25) is 0 Å². The van der Waals surface area contributed by atoms with Crippen LogP contribution in [0.5, 0.6) is 0 Å². The summed E-state index contributed by atoms with van der Waals surface area (Å²) in [7, 11) is 0. The van der Waals surface area contributed by atoms with Gasteiger partial charge in [0.2, 0.25) is 0 Å². The number of ether oxygens (including phenoxy) is 2. The molecule has 1 heterocycles. The molecule has 8 heteroatoms. The Morgan fingerprint density at radius 3 is 0.531 bits per heavy atom. The minimum absolute atomic E-state index is 0. The van der Waals surface area contributed by atoms with E-state index in [1.807, 2.05) is 0 Å². The minimum Gasteiger partial charge on any atom is -0.412 e. The van der Waals surface area contributed by atoms with E-state index < -0.39 is 22.4 Å². The number of rotatable bonds is 2. The maximum Gasteiger partial charge on any atom is 0.0918 e. The predicted molar refractivity (Wildman–Crippen MR) is 131 cm³/mol. The van der Waals surface area contributed by atoms with Crippen molar-refractivity contribution in [2.45, 2.75) is 156 Å². The lowest BCUT2D eigenvalue weighted by atomic mass is 9.79. The van der Waals surface area contributed by atoms with Crippen LogP contribution < -0.4 is 0 Å². The van der Waals surface area contributed by atoms with E-state index in [0.29, 0.717) is 0 Å². The van der Waals surface area contributed by atoms with Gasteiger partial charge in [0, 0.05) is 0 Å². The van der Waals surface area contributed by atoms with Gasteiger partial charge in [0.1, 0.15) is 0 Å². The van der Waals surface area contributed by atoms with Crippen LogP contribution in [0.1, 0.15) is 111 Å². The molecule has 1 saturated heterocycles. The van der Waals surface area contributed by atoms with Crippen LogP contribution in [0.25, 0.3) is 0 Å². The third-order valence-corrected chi connectivity index (χ3v) is 6.91. The van der Waals surface area contributed by atoms with Gasteiger partial charge < -0.3 is 40.9 Å². The van der Waals surface area contributed by atoms with Crippen molar-refractivity contribution in [1.82, 2.24) is 0 Å². The number of hydrogen-bond donors (Lipinski definition) is 4. The standard InChI is InChI=1S/C12H24O2.2C6H14O2.2H2O/c1-9(2)10(3,4)14-12(7,8)11(5,6)13-9;2*1-5(2,7)6(3,4)8;;/h1-8H3;2*7-8H,1-4H3;2*1H2. The van der Waals surface area contributed by atoms with Gasteiger partial charge in [-0.3, -0.25) is 0 Å². The molecule has 0 spiro atoms. The molecule has 1 aliphatic rings. The Hall–Kier alpha value is -0.320. The summed E-state index contributed by atoms with van der Waals surface area (Å²) in [6.45, 7) is 29.3. The van der Waals surface area contributed by atoms with E-state index in [-0.39, 0.29) is 33.4 Å². The van der Waals surface area contributed by atoms with Crippen molar-refractivity contribution < 1.29 is 40.9 Å². The number of aliphatic hydroxyl groups is 4. The third-order valence-electron chi connectivity index (χ3n) is 6.91. The molecule has 0 radical (unpaired) electrons. The zero-order valence-electron chi connectivity index (χ0n) is 23.6. The molecule has 8 nitrogen and oxygen atoms in total. The molecule has 1 fully saturated rings. The fourth-order valence-corrected chi connectivity index (χ4v) is 1.77. The second-order valence-corrected chi connectivity index (χ2v) is 12.5. The van der Waals surface area contributed by atoms with Gasteiger partial charge in [0.25, 0.3) is 0 Å². The second kappa shape index (κ2) is 11.0. The quantitative estimate of drug-likeness (QED) is 0.482. The Morgan fingerprint density at radius 1 is 0.375 bits per heavy atom. The maximum atomic E-state index is 9.10. The van der Waals surface area contributed by atoms with Crippen LogP contribution in [0.4, 0.5) is 0 Å². The van der Waals surface area contributed by atoms with E-state index in [0.717, 1.165) is 0 Å². The molecule has 0 aromatic rings. The van der Waals surface area contributed by atoms with Crippen LogP contribution in [-0.2, 0) is 9.47 Å². The lowest BCUT2D eigenvalue weighted by molar-refractivity contribution is -0.355. The molecule has 0 bridgehead atoms. The van der Waals surface area contributed by atoms with Gasteiger partial charge in [-0.15, -0.1) is 0 Å². The molecule has 0 amide bonds. The zero-order valence-corrected chi connectivity index (χ0v) is 23.6. The predicted octanol–water partition coefficient (Wildman–Crippen LogP) is 2.55. The topological polar surface area (TPSA) is 162 Å². The van der Waals surface area contributed by atoms with Gasteiger partial charge in [-0.25, -0.2) is 0 Å². The smallest absolute Gasteiger partial charge is 0.0918 e. The van der Waals surface area contributed by atoms with E-state index in [9.17, 15) is 0 Å². The molecule has 1 aliphatic heterocycles. The molecule has 0 aromatic heterocycles. The SMILES string of the molecule is CC(C)(O)C(C)(C)O.CC(C)(O)C(C)(C)O.CC1(C)OC(C)(C)C(C)(C)OC1(C)C.O.O. The minimum atomic E-state index is -1.01. The van der Waals surface area contributed by atoms with Crippen molar-refractivity contribution in [3.8, 4) is 0 Å². The molecule has 0 aliphatic carbocycles. The first-order valence-corrected chi connectivity index (χ1v) is 10.7. The van der Waals surface area contributed by atoms with Gasteiger partial charge >= 0.3 is 0 Å². The largest absolute Gasteiger partial charge is 0.412 e. The van der Waals surface area contributed by atoms with Gasteiger partial charge in [-0.05, 0) is 111 Å². The van der Waals surface area contributed by atoms with Crippen molar-refractivity contribution >= 4 is 0 Å². The lowest BCUT2D eigenvalue weighted by Gasteiger charge is -2.59. The van der Waals surface area contributed by atoms with E-state index in [2.05, 4.69) is 55.4 Å². The molecule has 0 atom stereocenters. The van der Waals surface area contributed by atoms with Gasteiger partial charge in [0.05, 0.1) is 44.8 Å². The monoisotopic (exact) mass is 472 g/mol. The Morgan fingerprint density at radius 2 is 0.469 bits per heavy atom.